The van der Waals surface area contributed by atoms with Gasteiger partial charge >= 0.3 is 0 Å². The van der Waals surface area contributed by atoms with Crippen LogP contribution in [-0.2, 0) is 21.4 Å². The van der Waals surface area contributed by atoms with E-state index in [0.29, 0.717) is 26.3 Å². The van der Waals surface area contributed by atoms with Crippen LogP contribution in [0.1, 0.15) is 50.0 Å². The van der Waals surface area contributed by atoms with Gasteiger partial charge in [-0.15, -0.1) is 0 Å². The van der Waals surface area contributed by atoms with Crippen molar-refractivity contribution in [3.05, 3.63) is 17.5 Å². The molecule has 1 aliphatic carbocycles. The Morgan fingerprint density at radius 2 is 2.09 bits per heavy atom. The third-order valence-electron chi connectivity index (χ3n) is 4.24. The molecule has 1 N–H and O–H groups in total. The van der Waals surface area contributed by atoms with Crippen molar-refractivity contribution in [2.45, 2.75) is 45.2 Å². The summed E-state index contributed by atoms with van der Waals surface area (Å²) < 4.78 is 36.5. The molecule has 1 aromatic heterocycles. The molecular formula is C14H24N4O3S. The Balaban J connectivity index is 1.79. The number of nitrogens with zero attached hydrogens (tertiary/aromatic N) is 3. The summed E-state index contributed by atoms with van der Waals surface area (Å²) in [7, 11) is -3.48. The van der Waals surface area contributed by atoms with Gasteiger partial charge in [0.15, 0.2) is 0 Å². The van der Waals surface area contributed by atoms with E-state index >= 15 is 0 Å². The predicted octanol–water partition coefficient (Wildman–Crippen LogP) is 1.01. The second kappa shape index (κ2) is 6.27. The topological polar surface area (TPSA) is 76.5 Å². The molecule has 1 fully saturated rings. The van der Waals surface area contributed by atoms with Crippen molar-refractivity contribution in [3.63, 3.8) is 0 Å². The molecule has 0 bridgehead atoms. The van der Waals surface area contributed by atoms with E-state index in [1.165, 1.54) is 4.31 Å². The van der Waals surface area contributed by atoms with Crippen molar-refractivity contribution in [2.24, 2.45) is 0 Å². The quantitative estimate of drug-likeness (QED) is 0.895. The highest BCUT2D eigenvalue weighted by atomic mass is 32.2. The van der Waals surface area contributed by atoms with Gasteiger partial charge in [0.2, 0.25) is 0 Å². The minimum absolute atomic E-state index is 0.225. The Morgan fingerprint density at radius 3 is 2.77 bits per heavy atom. The third-order valence-corrected chi connectivity index (χ3v) is 5.87. The van der Waals surface area contributed by atoms with Crippen LogP contribution in [0.4, 0.5) is 0 Å². The maximum atomic E-state index is 12.5. The van der Waals surface area contributed by atoms with E-state index in [9.17, 15) is 8.42 Å². The summed E-state index contributed by atoms with van der Waals surface area (Å²) >= 11 is 0. The molecule has 0 spiro atoms. The van der Waals surface area contributed by atoms with Crippen LogP contribution in [0.2, 0.25) is 0 Å². The average Bonchev–Trinajstić information content (AvgIpc) is 2.93. The highest BCUT2D eigenvalue weighted by molar-refractivity contribution is 7.87. The zero-order chi connectivity index (χ0) is 15.7. The number of morpholine rings is 1. The summed E-state index contributed by atoms with van der Waals surface area (Å²) in [4.78, 5) is 0. The summed E-state index contributed by atoms with van der Waals surface area (Å²) in [6, 6.07) is 0.0543. The van der Waals surface area contributed by atoms with Gasteiger partial charge in [-0.1, -0.05) is 0 Å². The Labute approximate surface area is 131 Å². The molecule has 2 heterocycles. The van der Waals surface area contributed by atoms with E-state index in [4.69, 9.17) is 4.74 Å². The first kappa shape index (κ1) is 15.9. The van der Waals surface area contributed by atoms with Gasteiger partial charge in [0.1, 0.15) is 0 Å². The smallest absolute Gasteiger partial charge is 0.280 e. The zero-order valence-corrected chi connectivity index (χ0v) is 14.0. The number of aromatic nitrogens is 2. The predicted molar refractivity (Wildman–Crippen MR) is 82.7 cm³/mol. The summed E-state index contributed by atoms with van der Waals surface area (Å²) in [6.07, 6.45) is 4.80. The fraction of sp³-hybridized carbons (Fsp3) is 0.786. The first-order valence-electron chi connectivity index (χ1n) is 7.90. The lowest BCUT2D eigenvalue weighted by molar-refractivity contribution is 0.0722. The maximum absolute atomic E-state index is 12.5. The van der Waals surface area contributed by atoms with Crippen molar-refractivity contribution in [2.75, 3.05) is 26.3 Å². The van der Waals surface area contributed by atoms with Gasteiger partial charge in [-0.05, 0) is 38.7 Å². The van der Waals surface area contributed by atoms with Gasteiger partial charge in [0, 0.05) is 25.3 Å². The molecule has 8 heteroatoms. The number of hydrogen-bond acceptors (Lipinski definition) is 4. The highest BCUT2D eigenvalue weighted by Gasteiger charge is 2.31. The second-order valence-electron chi connectivity index (χ2n) is 6.19. The van der Waals surface area contributed by atoms with Crippen molar-refractivity contribution in [1.29, 1.82) is 0 Å². The van der Waals surface area contributed by atoms with E-state index < -0.39 is 10.2 Å². The van der Waals surface area contributed by atoms with Crippen LogP contribution in [0.25, 0.3) is 0 Å². The summed E-state index contributed by atoms with van der Waals surface area (Å²) in [5, 5.41) is 4.61. The normalized spacial score (nSPS) is 23.7. The Morgan fingerprint density at radius 1 is 1.36 bits per heavy atom. The molecule has 0 saturated carbocycles. The van der Waals surface area contributed by atoms with Crippen LogP contribution in [-0.4, -0.2) is 48.8 Å². The molecule has 22 heavy (non-hydrogen) atoms. The van der Waals surface area contributed by atoms with Gasteiger partial charge in [-0.25, -0.2) is 0 Å². The third kappa shape index (κ3) is 3.19. The molecule has 0 aromatic carbocycles. The lowest BCUT2D eigenvalue weighted by atomic mass is 9.94. The molecule has 1 atom stereocenters. The van der Waals surface area contributed by atoms with Crippen LogP contribution in [0.5, 0.6) is 0 Å². The van der Waals surface area contributed by atoms with Crippen molar-refractivity contribution < 1.29 is 13.2 Å². The van der Waals surface area contributed by atoms with Gasteiger partial charge < -0.3 is 4.74 Å². The van der Waals surface area contributed by atoms with Gasteiger partial charge in [0.25, 0.3) is 10.2 Å². The Bertz CT molecular complexity index is 620. The summed E-state index contributed by atoms with van der Waals surface area (Å²) in [5.41, 5.74) is 2.05. The molecule has 1 saturated heterocycles. The SMILES string of the molecule is CC(C)n1cc2c(n1)C(NS(=O)(=O)N1CCOCC1)CCC2. The van der Waals surface area contributed by atoms with E-state index in [-0.39, 0.29) is 12.1 Å². The number of rotatable bonds is 4. The van der Waals surface area contributed by atoms with Crippen LogP contribution in [0.15, 0.2) is 6.20 Å². The highest BCUT2D eigenvalue weighted by Crippen LogP contribution is 2.30. The van der Waals surface area contributed by atoms with E-state index in [0.717, 1.165) is 30.5 Å². The zero-order valence-electron chi connectivity index (χ0n) is 13.2. The first-order valence-corrected chi connectivity index (χ1v) is 9.34. The number of aryl methyl sites for hydroxylation is 1. The number of hydrogen-bond donors (Lipinski definition) is 1. The molecule has 3 rings (SSSR count). The van der Waals surface area contributed by atoms with Gasteiger partial charge in [-0.3, -0.25) is 4.68 Å². The van der Waals surface area contributed by atoms with E-state index in [2.05, 4.69) is 29.9 Å². The number of ether oxygens (including phenoxy) is 1. The fourth-order valence-electron chi connectivity index (χ4n) is 2.98. The van der Waals surface area contributed by atoms with Crippen LogP contribution >= 0.6 is 0 Å². The molecular weight excluding hydrogens is 304 g/mol. The second-order valence-corrected chi connectivity index (χ2v) is 7.89. The minimum atomic E-state index is -3.48. The summed E-state index contributed by atoms with van der Waals surface area (Å²) in [6.45, 7) is 5.89. The average molecular weight is 328 g/mol. The monoisotopic (exact) mass is 328 g/mol. The molecule has 1 aliphatic heterocycles. The lowest BCUT2D eigenvalue weighted by Crippen LogP contribution is -2.48. The Hall–Kier alpha value is -0.960. The Kier molecular flexibility index (Phi) is 4.54. The largest absolute Gasteiger partial charge is 0.379 e. The molecule has 1 aromatic rings. The van der Waals surface area contributed by atoms with E-state index in [1.807, 2.05) is 4.68 Å². The molecule has 2 aliphatic rings. The number of nitrogens with one attached hydrogen (secondary N) is 1. The molecule has 124 valence electrons. The summed E-state index contributed by atoms with van der Waals surface area (Å²) in [5.74, 6) is 0. The van der Waals surface area contributed by atoms with Gasteiger partial charge in [0.05, 0.1) is 24.9 Å². The van der Waals surface area contributed by atoms with Crippen molar-refractivity contribution in [1.82, 2.24) is 18.8 Å². The first-order chi connectivity index (χ1) is 10.5. The minimum Gasteiger partial charge on any atom is -0.379 e. The molecule has 0 amide bonds. The van der Waals surface area contributed by atoms with Crippen LogP contribution in [0, 0.1) is 0 Å². The van der Waals surface area contributed by atoms with Gasteiger partial charge in [-0.2, -0.15) is 22.5 Å². The maximum Gasteiger partial charge on any atom is 0.280 e. The molecule has 7 nitrogen and oxygen atoms in total. The number of fused-ring (bicyclic) bond motifs is 1. The molecule has 1 unspecified atom stereocenters. The van der Waals surface area contributed by atoms with Crippen molar-refractivity contribution >= 4 is 10.2 Å². The lowest BCUT2D eigenvalue weighted by Gasteiger charge is -2.29. The molecule has 0 radical (unpaired) electrons. The standard InChI is InChI=1S/C14H24N4O3S/c1-11(2)18-10-12-4-3-5-13(14(12)15-18)16-22(19,20)17-6-8-21-9-7-17/h10-11,13,16H,3-9H2,1-2H3. The fourth-order valence-corrected chi connectivity index (χ4v) is 4.35. The van der Waals surface area contributed by atoms with Crippen molar-refractivity contribution in [3.8, 4) is 0 Å². The van der Waals surface area contributed by atoms with E-state index in [1.54, 1.807) is 0 Å². The van der Waals surface area contributed by atoms with Crippen LogP contribution in [0.3, 0.4) is 0 Å². The van der Waals surface area contributed by atoms with Crippen LogP contribution < -0.4 is 4.72 Å².